The van der Waals surface area contributed by atoms with E-state index in [9.17, 15) is 14.4 Å². The number of benzene rings is 1. The summed E-state index contributed by atoms with van der Waals surface area (Å²) in [5.41, 5.74) is 2.05. The predicted molar refractivity (Wildman–Crippen MR) is 113 cm³/mol. The van der Waals surface area contributed by atoms with E-state index in [-0.39, 0.29) is 17.7 Å². The third-order valence-corrected chi connectivity index (χ3v) is 6.74. The number of methoxy groups -OCH3 is 1. The van der Waals surface area contributed by atoms with Crippen LogP contribution in [0, 0.1) is 5.92 Å². The third kappa shape index (κ3) is 4.39. The molecule has 1 aliphatic carbocycles. The largest absolute Gasteiger partial charge is 0.465 e. The number of rotatable bonds is 4. The first-order valence-corrected chi connectivity index (χ1v) is 10.8. The number of amides is 2. The summed E-state index contributed by atoms with van der Waals surface area (Å²) in [6.07, 6.45) is 2.14. The minimum Gasteiger partial charge on any atom is -0.465 e. The predicted octanol–water partition coefficient (Wildman–Crippen LogP) is 2.75. The summed E-state index contributed by atoms with van der Waals surface area (Å²) < 4.78 is 10.1. The SMILES string of the molecule is COC(=O)c1cccc(NC(=O)C2CCc3sc(C(=O)N4CCOCC4)cc3C2)c1. The molecule has 1 fully saturated rings. The number of morpholine rings is 1. The van der Waals surface area contributed by atoms with Crippen molar-refractivity contribution < 1.29 is 23.9 Å². The molecule has 4 rings (SSSR count). The minimum atomic E-state index is -0.441. The number of thiophene rings is 1. The number of fused-ring (bicyclic) bond motifs is 1. The highest BCUT2D eigenvalue weighted by Gasteiger charge is 2.29. The Morgan fingerprint density at radius 2 is 2.00 bits per heavy atom. The fraction of sp³-hybridized carbons (Fsp3) is 0.409. The molecule has 1 saturated heterocycles. The minimum absolute atomic E-state index is 0.0540. The Morgan fingerprint density at radius 1 is 1.20 bits per heavy atom. The molecule has 2 heterocycles. The smallest absolute Gasteiger partial charge is 0.337 e. The summed E-state index contributed by atoms with van der Waals surface area (Å²) in [7, 11) is 1.33. The molecular weight excluding hydrogens is 404 g/mol. The molecular formula is C22H24N2O5S. The van der Waals surface area contributed by atoms with Crippen LogP contribution in [0.5, 0.6) is 0 Å². The fourth-order valence-electron chi connectivity index (χ4n) is 3.86. The first-order valence-electron chi connectivity index (χ1n) is 10.0. The zero-order valence-electron chi connectivity index (χ0n) is 16.8. The van der Waals surface area contributed by atoms with Crippen LogP contribution >= 0.6 is 11.3 Å². The number of hydrogen-bond donors (Lipinski definition) is 1. The Bertz CT molecular complexity index is 964. The van der Waals surface area contributed by atoms with Gasteiger partial charge in [-0.15, -0.1) is 11.3 Å². The molecule has 1 N–H and O–H groups in total. The zero-order chi connectivity index (χ0) is 21.1. The van der Waals surface area contributed by atoms with Crippen molar-refractivity contribution in [1.82, 2.24) is 4.90 Å². The number of esters is 1. The first-order chi connectivity index (χ1) is 14.5. The van der Waals surface area contributed by atoms with E-state index in [1.165, 1.54) is 12.0 Å². The third-order valence-electron chi connectivity index (χ3n) is 5.51. The summed E-state index contributed by atoms with van der Waals surface area (Å²) >= 11 is 1.55. The van der Waals surface area contributed by atoms with Gasteiger partial charge in [0.1, 0.15) is 0 Å². The van der Waals surface area contributed by atoms with Gasteiger partial charge in [0.25, 0.3) is 5.91 Å². The van der Waals surface area contributed by atoms with Crippen molar-refractivity contribution in [2.45, 2.75) is 19.3 Å². The van der Waals surface area contributed by atoms with Crippen LogP contribution in [-0.2, 0) is 27.1 Å². The lowest BCUT2D eigenvalue weighted by Gasteiger charge is -2.26. The Morgan fingerprint density at radius 3 is 2.77 bits per heavy atom. The van der Waals surface area contributed by atoms with Crippen molar-refractivity contribution in [3.63, 3.8) is 0 Å². The van der Waals surface area contributed by atoms with E-state index in [1.807, 2.05) is 11.0 Å². The molecule has 1 atom stereocenters. The van der Waals surface area contributed by atoms with Crippen LogP contribution in [0.4, 0.5) is 5.69 Å². The van der Waals surface area contributed by atoms with Crippen LogP contribution in [0.2, 0.25) is 0 Å². The van der Waals surface area contributed by atoms with E-state index in [0.717, 1.165) is 23.3 Å². The molecule has 1 aliphatic heterocycles. The number of nitrogens with one attached hydrogen (secondary N) is 1. The van der Waals surface area contributed by atoms with Gasteiger partial charge in [-0.1, -0.05) is 6.07 Å². The summed E-state index contributed by atoms with van der Waals surface area (Å²) in [6.45, 7) is 2.40. The maximum absolute atomic E-state index is 12.8. The Labute approximate surface area is 179 Å². The first kappa shape index (κ1) is 20.6. The highest BCUT2D eigenvalue weighted by Crippen LogP contribution is 2.33. The Hall–Kier alpha value is -2.71. The van der Waals surface area contributed by atoms with E-state index in [1.54, 1.807) is 35.6 Å². The van der Waals surface area contributed by atoms with E-state index in [4.69, 9.17) is 9.47 Å². The summed E-state index contributed by atoms with van der Waals surface area (Å²) in [6, 6.07) is 8.68. The highest BCUT2D eigenvalue weighted by molar-refractivity contribution is 7.14. The van der Waals surface area contributed by atoms with E-state index >= 15 is 0 Å². The van der Waals surface area contributed by atoms with Crippen LogP contribution < -0.4 is 5.32 Å². The molecule has 1 aromatic heterocycles. The number of carbonyl (C=O) groups is 3. The van der Waals surface area contributed by atoms with Crippen LogP contribution in [-0.4, -0.2) is 56.1 Å². The molecule has 2 aromatic rings. The average molecular weight is 429 g/mol. The van der Waals surface area contributed by atoms with Crippen molar-refractivity contribution >= 4 is 34.8 Å². The second-order valence-corrected chi connectivity index (χ2v) is 8.60. The summed E-state index contributed by atoms with van der Waals surface area (Å²) in [5.74, 6) is -0.627. The topological polar surface area (TPSA) is 84.9 Å². The lowest BCUT2D eigenvalue weighted by atomic mass is 9.87. The quantitative estimate of drug-likeness (QED) is 0.757. The summed E-state index contributed by atoms with van der Waals surface area (Å²) in [4.78, 5) is 41.0. The number of aryl methyl sites for hydroxylation is 1. The van der Waals surface area contributed by atoms with Gasteiger partial charge in [-0.05, 0) is 49.1 Å². The zero-order valence-corrected chi connectivity index (χ0v) is 17.6. The van der Waals surface area contributed by atoms with Crippen LogP contribution in [0.25, 0.3) is 0 Å². The molecule has 8 heteroatoms. The lowest BCUT2D eigenvalue weighted by molar-refractivity contribution is -0.120. The molecule has 0 saturated carbocycles. The maximum Gasteiger partial charge on any atom is 0.337 e. The van der Waals surface area contributed by atoms with Crippen molar-refractivity contribution in [1.29, 1.82) is 0 Å². The highest BCUT2D eigenvalue weighted by atomic mass is 32.1. The molecule has 2 aliphatic rings. The number of nitrogens with zero attached hydrogens (tertiary/aromatic N) is 1. The number of carbonyl (C=O) groups excluding carboxylic acids is 3. The Balaban J connectivity index is 1.41. The standard InChI is InChI=1S/C22H24N2O5S/c1-28-22(27)15-3-2-4-17(12-15)23-20(25)14-5-6-18-16(11-14)13-19(30-18)21(26)24-7-9-29-10-8-24/h2-4,12-14H,5-11H2,1H3,(H,23,25). The van der Waals surface area contributed by atoms with Gasteiger partial charge in [-0.2, -0.15) is 0 Å². The van der Waals surface area contributed by atoms with Gasteiger partial charge in [0.05, 0.1) is 30.8 Å². The number of anilines is 1. The molecule has 2 amide bonds. The van der Waals surface area contributed by atoms with Gasteiger partial charge in [0, 0.05) is 29.6 Å². The fourth-order valence-corrected chi connectivity index (χ4v) is 5.04. The van der Waals surface area contributed by atoms with E-state index < -0.39 is 5.97 Å². The average Bonchev–Trinajstić information content (AvgIpc) is 3.22. The maximum atomic E-state index is 12.8. The molecule has 1 aromatic carbocycles. The van der Waals surface area contributed by atoms with Crippen molar-refractivity contribution in [3.05, 3.63) is 51.2 Å². The molecule has 30 heavy (non-hydrogen) atoms. The lowest BCUT2D eigenvalue weighted by Crippen LogP contribution is -2.40. The molecule has 0 bridgehead atoms. The van der Waals surface area contributed by atoms with Crippen molar-refractivity contribution in [2.75, 3.05) is 38.7 Å². The van der Waals surface area contributed by atoms with Gasteiger partial charge >= 0.3 is 5.97 Å². The molecule has 0 radical (unpaired) electrons. The van der Waals surface area contributed by atoms with Gasteiger partial charge in [0.15, 0.2) is 0 Å². The normalized spacial score (nSPS) is 18.4. The Kier molecular flexibility index (Phi) is 6.15. The number of hydrogen-bond acceptors (Lipinski definition) is 6. The summed E-state index contributed by atoms with van der Waals surface area (Å²) in [5, 5.41) is 2.91. The molecule has 1 unspecified atom stereocenters. The second kappa shape index (κ2) is 8.97. The van der Waals surface area contributed by atoms with Crippen LogP contribution in [0.1, 0.15) is 36.9 Å². The van der Waals surface area contributed by atoms with Gasteiger partial charge in [-0.3, -0.25) is 9.59 Å². The molecule has 158 valence electrons. The van der Waals surface area contributed by atoms with Gasteiger partial charge in [-0.25, -0.2) is 4.79 Å². The van der Waals surface area contributed by atoms with Crippen LogP contribution in [0.15, 0.2) is 30.3 Å². The van der Waals surface area contributed by atoms with Crippen molar-refractivity contribution in [2.24, 2.45) is 5.92 Å². The van der Waals surface area contributed by atoms with E-state index in [2.05, 4.69) is 5.32 Å². The monoisotopic (exact) mass is 428 g/mol. The second-order valence-electron chi connectivity index (χ2n) is 7.46. The van der Waals surface area contributed by atoms with Gasteiger partial charge < -0.3 is 19.7 Å². The van der Waals surface area contributed by atoms with Crippen molar-refractivity contribution in [3.8, 4) is 0 Å². The molecule has 0 spiro atoms. The van der Waals surface area contributed by atoms with Gasteiger partial charge in [0.2, 0.25) is 5.91 Å². The number of ether oxygens (including phenoxy) is 2. The van der Waals surface area contributed by atoms with Crippen LogP contribution in [0.3, 0.4) is 0 Å². The molecule has 7 nitrogen and oxygen atoms in total. The van der Waals surface area contributed by atoms with E-state index in [0.29, 0.717) is 44.0 Å².